The number of hydrazone groups is 1. The Morgan fingerprint density at radius 3 is 2.67 bits per heavy atom. The topological polar surface area (TPSA) is 51.1 Å². The Balaban J connectivity index is 1.66. The summed E-state index contributed by atoms with van der Waals surface area (Å²) in [6, 6.07) is 13.7. The second kappa shape index (κ2) is 5.94. The minimum absolute atomic E-state index is 0.0707. The van der Waals surface area contributed by atoms with E-state index >= 15 is 0 Å². The summed E-state index contributed by atoms with van der Waals surface area (Å²) in [6.07, 6.45) is 0.668. The Morgan fingerprint density at radius 2 is 1.92 bits per heavy atom. The average molecular weight is 387 g/mol. The highest BCUT2D eigenvalue weighted by Crippen LogP contribution is 2.37. The van der Waals surface area contributed by atoms with Crippen molar-refractivity contribution in [2.24, 2.45) is 5.10 Å². The van der Waals surface area contributed by atoms with Crippen molar-refractivity contribution in [2.75, 3.05) is 6.79 Å². The van der Waals surface area contributed by atoms with E-state index < -0.39 is 0 Å². The van der Waals surface area contributed by atoms with E-state index in [2.05, 4.69) is 21.0 Å². The maximum absolute atomic E-state index is 12.0. The lowest BCUT2D eigenvalue weighted by molar-refractivity contribution is -0.130. The molecule has 2 heterocycles. The van der Waals surface area contributed by atoms with Gasteiger partial charge in [-0.2, -0.15) is 5.10 Å². The van der Waals surface area contributed by atoms with E-state index in [0.29, 0.717) is 6.42 Å². The van der Waals surface area contributed by atoms with Crippen LogP contribution in [0.5, 0.6) is 11.5 Å². The number of nitrogens with zero attached hydrogens (tertiary/aromatic N) is 2. The molecule has 2 aromatic rings. The minimum atomic E-state index is -0.0870. The van der Waals surface area contributed by atoms with Gasteiger partial charge in [-0.25, -0.2) is 5.01 Å². The fraction of sp³-hybridized carbons (Fsp3) is 0.222. The molecule has 2 aliphatic heterocycles. The van der Waals surface area contributed by atoms with Crippen LogP contribution in [0.25, 0.3) is 0 Å². The van der Waals surface area contributed by atoms with Crippen molar-refractivity contribution in [3.05, 3.63) is 58.1 Å². The van der Waals surface area contributed by atoms with Gasteiger partial charge in [-0.1, -0.05) is 28.1 Å². The van der Waals surface area contributed by atoms with Crippen LogP contribution in [-0.2, 0) is 4.79 Å². The van der Waals surface area contributed by atoms with Crippen molar-refractivity contribution < 1.29 is 14.3 Å². The number of hydrogen-bond donors (Lipinski definition) is 0. The van der Waals surface area contributed by atoms with Crippen LogP contribution in [0.3, 0.4) is 0 Å². The Labute approximate surface area is 148 Å². The standard InChI is InChI=1S/C18H15BrN2O3/c1-11(22)21-16(12-2-5-14(19)6-3-12)9-15(20-21)13-4-7-17-18(8-13)24-10-23-17/h2-8,16H,9-10H2,1H3/t16-/m0/s1. The molecule has 0 unspecified atom stereocenters. The van der Waals surface area contributed by atoms with E-state index in [0.717, 1.165) is 32.8 Å². The normalized spacial score (nSPS) is 18.7. The summed E-state index contributed by atoms with van der Waals surface area (Å²) < 4.78 is 11.8. The third kappa shape index (κ3) is 2.67. The van der Waals surface area contributed by atoms with E-state index in [9.17, 15) is 4.79 Å². The van der Waals surface area contributed by atoms with Gasteiger partial charge in [0.15, 0.2) is 11.5 Å². The van der Waals surface area contributed by atoms with Crippen molar-refractivity contribution >= 4 is 27.5 Å². The number of amides is 1. The Kier molecular flexibility index (Phi) is 3.76. The molecule has 0 spiro atoms. The first-order valence-electron chi connectivity index (χ1n) is 7.64. The molecule has 0 N–H and O–H groups in total. The third-order valence-corrected chi connectivity index (χ3v) is 4.72. The molecule has 1 amide bonds. The van der Waals surface area contributed by atoms with Gasteiger partial charge in [0.25, 0.3) is 0 Å². The van der Waals surface area contributed by atoms with Crippen LogP contribution in [0, 0.1) is 0 Å². The SMILES string of the molecule is CC(=O)N1N=C(c2ccc3c(c2)OCO3)C[C@H]1c1ccc(Br)cc1. The first-order chi connectivity index (χ1) is 11.6. The van der Waals surface area contributed by atoms with Gasteiger partial charge >= 0.3 is 0 Å². The molecule has 1 atom stereocenters. The summed E-state index contributed by atoms with van der Waals surface area (Å²) in [5, 5.41) is 6.11. The molecule has 4 rings (SSSR count). The molecule has 0 saturated heterocycles. The Hall–Kier alpha value is -2.34. The van der Waals surface area contributed by atoms with Gasteiger partial charge in [-0.3, -0.25) is 4.79 Å². The molecule has 0 fully saturated rings. The zero-order valence-electron chi connectivity index (χ0n) is 13.0. The number of rotatable bonds is 2. The summed E-state index contributed by atoms with van der Waals surface area (Å²) in [6.45, 7) is 1.78. The van der Waals surface area contributed by atoms with Crippen LogP contribution in [-0.4, -0.2) is 23.4 Å². The van der Waals surface area contributed by atoms with Gasteiger partial charge in [0.1, 0.15) is 0 Å². The van der Waals surface area contributed by atoms with Crippen LogP contribution in [0.1, 0.15) is 30.5 Å². The van der Waals surface area contributed by atoms with Gasteiger partial charge in [-0.05, 0) is 35.9 Å². The van der Waals surface area contributed by atoms with Gasteiger partial charge in [0, 0.05) is 23.4 Å². The van der Waals surface area contributed by atoms with Crippen LogP contribution in [0.4, 0.5) is 0 Å². The molecule has 5 nitrogen and oxygen atoms in total. The maximum Gasteiger partial charge on any atom is 0.240 e. The molecule has 24 heavy (non-hydrogen) atoms. The Morgan fingerprint density at radius 1 is 1.17 bits per heavy atom. The molecule has 2 aliphatic rings. The highest BCUT2D eigenvalue weighted by molar-refractivity contribution is 9.10. The van der Waals surface area contributed by atoms with E-state index in [1.165, 1.54) is 6.92 Å². The number of fused-ring (bicyclic) bond motifs is 1. The molecule has 2 aromatic carbocycles. The number of carbonyl (C=O) groups is 1. The molecular weight excluding hydrogens is 372 g/mol. The van der Waals surface area contributed by atoms with E-state index in [1.807, 2.05) is 42.5 Å². The van der Waals surface area contributed by atoms with Crippen molar-refractivity contribution in [2.45, 2.75) is 19.4 Å². The van der Waals surface area contributed by atoms with Crippen LogP contribution in [0.2, 0.25) is 0 Å². The molecule has 122 valence electrons. The molecule has 0 bridgehead atoms. The lowest BCUT2D eigenvalue weighted by Crippen LogP contribution is -2.24. The average Bonchev–Trinajstić information content (AvgIpc) is 3.21. The fourth-order valence-electron chi connectivity index (χ4n) is 3.00. The smallest absolute Gasteiger partial charge is 0.240 e. The molecule has 0 saturated carbocycles. The summed E-state index contributed by atoms with van der Waals surface area (Å²) >= 11 is 3.44. The lowest BCUT2D eigenvalue weighted by Gasteiger charge is -2.20. The third-order valence-electron chi connectivity index (χ3n) is 4.19. The van der Waals surface area contributed by atoms with Crippen LogP contribution >= 0.6 is 15.9 Å². The van der Waals surface area contributed by atoms with Gasteiger partial charge in [-0.15, -0.1) is 0 Å². The first-order valence-corrected chi connectivity index (χ1v) is 8.44. The number of halogens is 1. The van der Waals surface area contributed by atoms with E-state index in [4.69, 9.17) is 9.47 Å². The monoisotopic (exact) mass is 386 g/mol. The van der Waals surface area contributed by atoms with Gasteiger partial charge in [0.05, 0.1) is 11.8 Å². The van der Waals surface area contributed by atoms with Crippen molar-refractivity contribution in [3.8, 4) is 11.5 Å². The van der Waals surface area contributed by atoms with Gasteiger partial charge < -0.3 is 9.47 Å². The highest BCUT2D eigenvalue weighted by Gasteiger charge is 2.31. The van der Waals surface area contributed by atoms with Crippen molar-refractivity contribution in [1.29, 1.82) is 0 Å². The molecular formula is C18H15BrN2O3. The van der Waals surface area contributed by atoms with Crippen LogP contribution in [0.15, 0.2) is 52.0 Å². The fourth-order valence-corrected chi connectivity index (χ4v) is 3.26. The summed E-state index contributed by atoms with van der Waals surface area (Å²) in [5.41, 5.74) is 2.88. The van der Waals surface area contributed by atoms with Gasteiger partial charge in [0.2, 0.25) is 12.7 Å². The number of carbonyl (C=O) groups excluding carboxylic acids is 1. The number of benzene rings is 2. The molecule has 6 heteroatoms. The zero-order chi connectivity index (χ0) is 16.7. The second-order valence-electron chi connectivity index (χ2n) is 5.75. The Bertz CT molecular complexity index is 833. The van der Waals surface area contributed by atoms with E-state index in [1.54, 1.807) is 5.01 Å². The molecule has 0 aliphatic carbocycles. The lowest BCUT2D eigenvalue weighted by atomic mass is 9.98. The van der Waals surface area contributed by atoms with Crippen molar-refractivity contribution in [3.63, 3.8) is 0 Å². The predicted octanol–water partition coefficient (Wildman–Crippen LogP) is 3.88. The number of hydrogen-bond acceptors (Lipinski definition) is 4. The maximum atomic E-state index is 12.0. The zero-order valence-corrected chi connectivity index (χ0v) is 14.6. The van der Waals surface area contributed by atoms with Crippen molar-refractivity contribution in [1.82, 2.24) is 5.01 Å². The molecule has 0 aromatic heterocycles. The first kappa shape index (κ1) is 15.2. The number of ether oxygens (including phenoxy) is 2. The predicted molar refractivity (Wildman–Crippen MR) is 93.1 cm³/mol. The summed E-state index contributed by atoms with van der Waals surface area (Å²) in [4.78, 5) is 12.0. The second-order valence-corrected chi connectivity index (χ2v) is 6.67. The van der Waals surface area contributed by atoms with E-state index in [-0.39, 0.29) is 18.7 Å². The summed E-state index contributed by atoms with van der Waals surface area (Å²) in [5.74, 6) is 1.39. The minimum Gasteiger partial charge on any atom is -0.454 e. The summed E-state index contributed by atoms with van der Waals surface area (Å²) in [7, 11) is 0. The van der Waals surface area contributed by atoms with Crippen LogP contribution < -0.4 is 9.47 Å². The quantitative estimate of drug-likeness (QED) is 0.786. The highest BCUT2D eigenvalue weighted by atomic mass is 79.9. The molecule has 0 radical (unpaired) electrons. The largest absolute Gasteiger partial charge is 0.454 e.